The van der Waals surface area contributed by atoms with Gasteiger partial charge in [0.25, 0.3) is 0 Å². The summed E-state index contributed by atoms with van der Waals surface area (Å²) in [5, 5.41) is 10.2. The Bertz CT molecular complexity index is 639. The molecule has 150 valence electrons. The van der Waals surface area contributed by atoms with Crippen LogP contribution in [-0.4, -0.2) is 61.3 Å². The molecule has 0 spiro atoms. The van der Waals surface area contributed by atoms with Crippen molar-refractivity contribution in [1.29, 1.82) is 0 Å². The van der Waals surface area contributed by atoms with E-state index >= 15 is 0 Å². The van der Waals surface area contributed by atoms with Crippen LogP contribution in [0.15, 0.2) is 10.6 Å². The minimum Gasteiger partial charge on any atom is -0.378 e. The number of ether oxygens (including phenoxy) is 1. The monoisotopic (exact) mass is 378 g/mol. The highest BCUT2D eigenvalue weighted by molar-refractivity contribution is 5.83. The van der Waals surface area contributed by atoms with Gasteiger partial charge >= 0.3 is 0 Å². The fourth-order valence-electron chi connectivity index (χ4n) is 3.63. The lowest BCUT2D eigenvalue weighted by Crippen LogP contribution is -2.51. The molecule has 27 heavy (non-hydrogen) atoms. The molecule has 2 N–H and O–H groups in total. The maximum Gasteiger partial charge on any atom is 0.227 e. The summed E-state index contributed by atoms with van der Waals surface area (Å²) in [7, 11) is 0. The van der Waals surface area contributed by atoms with E-state index < -0.39 is 0 Å². The maximum absolute atomic E-state index is 12.7. The lowest BCUT2D eigenvalue weighted by atomic mass is 9.88. The zero-order valence-electron chi connectivity index (χ0n) is 16.2. The van der Waals surface area contributed by atoms with Gasteiger partial charge in [-0.2, -0.15) is 0 Å². The standard InChI is InChI=1S/C19H30N4O4/c1-13(2)7-17-9-16(22-27-17)12-21-18(24)14-8-15(11-20-10-14)19(25)23-3-5-26-6-4-23/h9,13-15,20H,3-8,10-12H2,1-2H3,(H,21,24)/t14-,15-/m0/s1. The van der Waals surface area contributed by atoms with Crippen molar-refractivity contribution in [3.8, 4) is 0 Å². The molecule has 2 aliphatic rings. The number of morpholine rings is 1. The van der Waals surface area contributed by atoms with Gasteiger partial charge in [0.15, 0.2) is 0 Å². The van der Waals surface area contributed by atoms with Crippen molar-refractivity contribution in [3.05, 3.63) is 17.5 Å². The second-order valence-corrected chi connectivity index (χ2v) is 7.83. The van der Waals surface area contributed by atoms with Gasteiger partial charge in [0, 0.05) is 38.7 Å². The molecule has 0 radical (unpaired) electrons. The summed E-state index contributed by atoms with van der Waals surface area (Å²) in [4.78, 5) is 27.1. The second-order valence-electron chi connectivity index (χ2n) is 7.83. The molecule has 2 amide bonds. The van der Waals surface area contributed by atoms with Crippen molar-refractivity contribution < 1.29 is 18.8 Å². The molecular formula is C19H30N4O4. The Labute approximate surface area is 160 Å². The summed E-state index contributed by atoms with van der Waals surface area (Å²) < 4.78 is 10.6. The highest BCUT2D eigenvalue weighted by Gasteiger charge is 2.33. The molecule has 2 fully saturated rings. The number of nitrogens with zero attached hydrogens (tertiary/aromatic N) is 2. The number of aromatic nitrogens is 1. The first-order valence-electron chi connectivity index (χ1n) is 9.82. The Hall–Kier alpha value is -1.93. The predicted octanol–water partition coefficient (Wildman–Crippen LogP) is 0.574. The number of amides is 2. The smallest absolute Gasteiger partial charge is 0.227 e. The first-order chi connectivity index (χ1) is 13.0. The molecular weight excluding hydrogens is 348 g/mol. The van der Waals surface area contributed by atoms with Gasteiger partial charge in [-0.05, 0) is 12.3 Å². The first kappa shape index (κ1) is 19.8. The number of carbonyl (C=O) groups excluding carboxylic acids is 2. The number of piperidine rings is 1. The van der Waals surface area contributed by atoms with Gasteiger partial charge in [-0.1, -0.05) is 19.0 Å². The van der Waals surface area contributed by atoms with Crippen LogP contribution in [0.25, 0.3) is 0 Å². The van der Waals surface area contributed by atoms with Gasteiger partial charge in [-0.15, -0.1) is 0 Å². The van der Waals surface area contributed by atoms with E-state index in [1.807, 2.05) is 11.0 Å². The Balaban J connectivity index is 1.47. The molecule has 2 saturated heterocycles. The van der Waals surface area contributed by atoms with Gasteiger partial charge in [0.1, 0.15) is 11.5 Å². The van der Waals surface area contributed by atoms with Crippen molar-refractivity contribution in [2.45, 2.75) is 33.2 Å². The van der Waals surface area contributed by atoms with Crippen molar-refractivity contribution in [2.75, 3.05) is 39.4 Å². The Kier molecular flexibility index (Phi) is 6.84. The van der Waals surface area contributed by atoms with Crippen LogP contribution in [0.4, 0.5) is 0 Å². The highest BCUT2D eigenvalue weighted by Crippen LogP contribution is 2.20. The molecule has 2 atom stereocenters. The topological polar surface area (TPSA) is 96.7 Å². The summed E-state index contributed by atoms with van der Waals surface area (Å²) in [6, 6.07) is 1.89. The second kappa shape index (κ2) is 9.32. The van der Waals surface area contributed by atoms with E-state index in [0.717, 1.165) is 17.9 Å². The van der Waals surface area contributed by atoms with Crippen LogP contribution in [-0.2, 0) is 27.3 Å². The quantitative estimate of drug-likeness (QED) is 0.751. The molecule has 2 aliphatic heterocycles. The van der Waals surface area contributed by atoms with Crippen LogP contribution in [0.3, 0.4) is 0 Å². The number of nitrogens with one attached hydrogen (secondary N) is 2. The van der Waals surface area contributed by atoms with Crippen molar-refractivity contribution in [1.82, 2.24) is 20.7 Å². The average Bonchev–Trinajstić information content (AvgIpc) is 3.13. The van der Waals surface area contributed by atoms with Crippen LogP contribution in [0.2, 0.25) is 0 Å². The molecule has 0 saturated carbocycles. The number of hydrogen-bond donors (Lipinski definition) is 2. The van der Waals surface area contributed by atoms with E-state index in [9.17, 15) is 9.59 Å². The largest absolute Gasteiger partial charge is 0.378 e. The van der Waals surface area contributed by atoms with Crippen LogP contribution in [0.1, 0.15) is 31.7 Å². The maximum atomic E-state index is 12.7. The lowest BCUT2D eigenvalue weighted by Gasteiger charge is -2.34. The van der Waals surface area contributed by atoms with Gasteiger partial charge in [0.2, 0.25) is 11.8 Å². The van der Waals surface area contributed by atoms with E-state index in [1.54, 1.807) is 0 Å². The SMILES string of the molecule is CC(C)Cc1cc(CNC(=O)[C@@H]2CNC[C@@H](C(=O)N3CCOCC3)C2)no1. The molecule has 1 aromatic heterocycles. The normalized spacial score (nSPS) is 23.4. The third-order valence-corrected chi connectivity index (χ3v) is 5.05. The molecule has 0 bridgehead atoms. The van der Waals surface area contributed by atoms with Gasteiger partial charge in [-0.25, -0.2) is 0 Å². The Morgan fingerprint density at radius 3 is 2.78 bits per heavy atom. The van der Waals surface area contributed by atoms with Crippen LogP contribution in [0, 0.1) is 17.8 Å². The van der Waals surface area contributed by atoms with Gasteiger partial charge in [-0.3, -0.25) is 9.59 Å². The summed E-state index contributed by atoms with van der Waals surface area (Å²) in [6.07, 6.45) is 1.41. The summed E-state index contributed by atoms with van der Waals surface area (Å²) in [5.41, 5.74) is 0.726. The molecule has 3 heterocycles. The molecule has 0 aromatic carbocycles. The lowest BCUT2D eigenvalue weighted by molar-refractivity contribution is -0.141. The molecule has 8 heteroatoms. The van der Waals surface area contributed by atoms with Gasteiger partial charge in [0.05, 0.1) is 31.6 Å². The fraction of sp³-hybridized carbons (Fsp3) is 0.737. The van der Waals surface area contributed by atoms with Gasteiger partial charge < -0.3 is 24.8 Å². The molecule has 0 aliphatic carbocycles. The molecule has 8 nitrogen and oxygen atoms in total. The third kappa shape index (κ3) is 5.52. The van der Waals surface area contributed by atoms with E-state index in [0.29, 0.717) is 58.3 Å². The number of hydrogen-bond acceptors (Lipinski definition) is 6. The minimum absolute atomic E-state index is 0.0459. The summed E-state index contributed by atoms with van der Waals surface area (Å²) in [6.45, 7) is 8.26. The fourth-order valence-corrected chi connectivity index (χ4v) is 3.63. The minimum atomic E-state index is -0.212. The first-order valence-corrected chi connectivity index (χ1v) is 9.82. The van der Waals surface area contributed by atoms with Crippen LogP contribution >= 0.6 is 0 Å². The predicted molar refractivity (Wildman–Crippen MR) is 98.8 cm³/mol. The molecule has 0 unspecified atom stereocenters. The van der Waals surface area contributed by atoms with Crippen molar-refractivity contribution in [3.63, 3.8) is 0 Å². The third-order valence-electron chi connectivity index (χ3n) is 5.05. The summed E-state index contributed by atoms with van der Waals surface area (Å²) in [5.74, 6) is 1.04. The van der Waals surface area contributed by atoms with E-state index in [4.69, 9.17) is 9.26 Å². The van der Waals surface area contributed by atoms with Crippen LogP contribution in [0.5, 0.6) is 0 Å². The van der Waals surface area contributed by atoms with Crippen molar-refractivity contribution >= 4 is 11.8 Å². The Morgan fingerprint density at radius 2 is 2.04 bits per heavy atom. The van der Waals surface area contributed by atoms with Crippen LogP contribution < -0.4 is 10.6 Å². The van der Waals surface area contributed by atoms with Crippen molar-refractivity contribution in [2.24, 2.45) is 17.8 Å². The zero-order chi connectivity index (χ0) is 19.2. The number of rotatable bonds is 6. The molecule has 1 aromatic rings. The Morgan fingerprint density at radius 1 is 1.30 bits per heavy atom. The van der Waals surface area contributed by atoms with E-state index in [1.165, 1.54) is 0 Å². The average molecular weight is 378 g/mol. The summed E-state index contributed by atoms with van der Waals surface area (Å²) >= 11 is 0. The van der Waals surface area contributed by atoms with E-state index in [-0.39, 0.29) is 23.7 Å². The number of carbonyl (C=O) groups is 2. The zero-order valence-corrected chi connectivity index (χ0v) is 16.2. The highest BCUT2D eigenvalue weighted by atomic mass is 16.5. The molecule has 3 rings (SSSR count). The van der Waals surface area contributed by atoms with E-state index in [2.05, 4.69) is 29.6 Å².